The van der Waals surface area contributed by atoms with E-state index in [1.54, 1.807) is 19.2 Å². The number of hydrogen-bond donors (Lipinski definition) is 2. The molecular weight excluding hydrogens is 259 g/mol. The Kier molecular flexibility index (Phi) is 4.70. The van der Waals surface area contributed by atoms with Gasteiger partial charge in [-0.1, -0.05) is 13.0 Å². The molecule has 2 aromatic rings. The van der Waals surface area contributed by atoms with E-state index < -0.39 is 0 Å². The first-order valence-corrected chi connectivity index (χ1v) is 6.40. The molecule has 5 nitrogen and oxygen atoms in total. The monoisotopic (exact) mass is 276 g/mol. The third-order valence-corrected chi connectivity index (χ3v) is 2.64. The molecule has 0 spiro atoms. The minimum absolute atomic E-state index is 0.313. The lowest BCUT2D eigenvalue weighted by molar-refractivity contribution is 0.415. The summed E-state index contributed by atoms with van der Waals surface area (Å²) in [5.41, 5.74) is 0.600. The lowest BCUT2D eigenvalue weighted by atomic mass is 10.3. The average molecular weight is 276 g/mol. The molecule has 0 aliphatic rings. The molecule has 20 heavy (non-hydrogen) atoms. The molecule has 0 saturated heterocycles. The first-order valence-electron chi connectivity index (χ1n) is 6.40. The van der Waals surface area contributed by atoms with Crippen LogP contribution in [-0.2, 0) is 0 Å². The number of hydrogen-bond acceptors (Lipinski definition) is 5. The van der Waals surface area contributed by atoms with Crippen LogP contribution in [0.25, 0.3) is 0 Å². The fourth-order valence-corrected chi connectivity index (χ4v) is 1.73. The number of nitrogens with one attached hydrogen (secondary N) is 2. The molecule has 0 amide bonds. The lowest BCUT2D eigenvalue weighted by Crippen LogP contribution is -2.07. The molecule has 1 aromatic carbocycles. The quantitative estimate of drug-likeness (QED) is 0.848. The van der Waals surface area contributed by atoms with Crippen molar-refractivity contribution in [3.05, 3.63) is 36.4 Å². The van der Waals surface area contributed by atoms with Crippen LogP contribution in [0.5, 0.6) is 5.75 Å². The maximum Gasteiger partial charge on any atom is 0.204 e. The van der Waals surface area contributed by atoms with E-state index in [4.69, 9.17) is 4.74 Å². The summed E-state index contributed by atoms with van der Waals surface area (Å²) in [6.45, 7) is 2.85. The van der Waals surface area contributed by atoms with Crippen molar-refractivity contribution in [1.82, 2.24) is 9.97 Å². The SMILES string of the molecule is CCCNc1ncnc(Nc2cccc(F)c2)c1OC. The van der Waals surface area contributed by atoms with E-state index in [1.807, 2.05) is 0 Å². The Bertz CT molecular complexity index is 577. The molecule has 1 aromatic heterocycles. The molecule has 0 radical (unpaired) electrons. The van der Waals surface area contributed by atoms with Crippen LogP contribution >= 0.6 is 0 Å². The first-order chi connectivity index (χ1) is 9.74. The van der Waals surface area contributed by atoms with Gasteiger partial charge in [-0.2, -0.15) is 0 Å². The van der Waals surface area contributed by atoms with E-state index >= 15 is 0 Å². The number of ether oxygens (including phenoxy) is 1. The van der Waals surface area contributed by atoms with Gasteiger partial charge in [0.25, 0.3) is 0 Å². The summed E-state index contributed by atoms with van der Waals surface area (Å²) >= 11 is 0. The van der Waals surface area contributed by atoms with Gasteiger partial charge in [0.1, 0.15) is 12.1 Å². The van der Waals surface area contributed by atoms with Gasteiger partial charge >= 0.3 is 0 Å². The Morgan fingerprint density at radius 1 is 1.25 bits per heavy atom. The van der Waals surface area contributed by atoms with Crippen LogP contribution in [0.3, 0.4) is 0 Å². The summed E-state index contributed by atoms with van der Waals surface area (Å²) in [7, 11) is 1.55. The third kappa shape index (κ3) is 3.34. The number of anilines is 3. The number of benzene rings is 1. The number of methoxy groups -OCH3 is 1. The maximum absolute atomic E-state index is 13.2. The van der Waals surface area contributed by atoms with Gasteiger partial charge in [-0.25, -0.2) is 14.4 Å². The largest absolute Gasteiger partial charge is 0.490 e. The molecule has 0 atom stereocenters. The zero-order valence-electron chi connectivity index (χ0n) is 11.5. The molecule has 0 saturated carbocycles. The van der Waals surface area contributed by atoms with Crippen LogP contribution in [0.1, 0.15) is 13.3 Å². The van der Waals surface area contributed by atoms with E-state index in [9.17, 15) is 4.39 Å². The van der Waals surface area contributed by atoms with Gasteiger partial charge < -0.3 is 15.4 Å². The van der Waals surface area contributed by atoms with E-state index in [0.717, 1.165) is 13.0 Å². The van der Waals surface area contributed by atoms with Crippen LogP contribution in [0.15, 0.2) is 30.6 Å². The zero-order chi connectivity index (χ0) is 14.4. The second-order valence-corrected chi connectivity index (χ2v) is 4.17. The second kappa shape index (κ2) is 6.70. The predicted molar refractivity (Wildman–Crippen MR) is 77.0 cm³/mol. The minimum Gasteiger partial charge on any atom is -0.490 e. The molecule has 0 unspecified atom stereocenters. The Balaban J connectivity index is 2.26. The van der Waals surface area contributed by atoms with E-state index in [-0.39, 0.29) is 5.82 Å². The van der Waals surface area contributed by atoms with Crippen molar-refractivity contribution in [3.63, 3.8) is 0 Å². The van der Waals surface area contributed by atoms with Crippen molar-refractivity contribution in [1.29, 1.82) is 0 Å². The highest BCUT2D eigenvalue weighted by molar-refractivity contribution is 5.69. The molecule has 0 aliphatic heterocycles. The van der Waals surface area contributed by atoms with Gasteiger partial charge in [0, 0.05) is 12.2 Å². The highest BCUT2D eigenvalue weighted by Crippen LogP contribution is 2.31. The fraction of sp³-hybridized carbons (Fsp3) is 0.286. The van der Waals surface area contributed by atoms with Gasteiger partial charge in [0.05, 0.1) is 7.11 Å². The van der Waals surface area contributed by atoms with E-state index in [1.165, 1.54) is 18.5 Å². The molecule has 2 N–H and O–H groups in total. The van der Waals surface area contributed by atoms with Crippen molar-refractivity contribution in [2.75, 3.05) is 24.3 Å². The fourth-order valence-electron chi connectivity index (χ4n) is 1.73. The van der Waals surface area contributed by atoms with Crippen molar-refractivity contribution in [2.24, 2.45) is 0 Å². The number of rotatable bonds is 6. The summed E-state index contributed by atoms with van der Waals surface area (Å²) in [5, 5.41) is 6.19. The molecule has 0 bridgehead atoms. The summed E-state index contributed by atoms with van der Waals surface area (Å²) in [5.74, 6) is 1.30. The normalized spacial score (nSPS) is 10.2. The highest BCUT2D eigenvalue weighted by atomic mass is 19.1. The second-order valence-electron chi connectivity index (χ2n) is 4.17. The lowest BCUT2D eigenvalue weighted by Gasteiger charge is -2.13. The van der Waals surface area contributed by atoms with Crippen molar-refractivity contribution in [3.8, 4) is 5.75 Å². The van der Waals surface area contributed by atoms with Gasteiger partial charge in [-0.15, -0.1) is 0 Å². The predicted octanol–water partition coefficient (Wildman–Crippen LogP) is 3.19. The summed E-state index contributed by atoms with van der Waals surface area (Å²) in [6, 6.07) is 6.16. The Hall–Kier alpha value is -2.37. The maximum atomic E-state index is 13.2. The van der Waals surface area contributed by atoms with Gasteiger partial charge in [0.15, 0.2) is 11.6 Å². The van der Waals surface area contributed by atoms with Crippen LogP contribution < -0.4 is 15.4 Å². The highest BCUT2D eigenvalue weighted by Gasteiger charge is 2.12. The minimum atomic E-state index is -0.313. The summed E-state index contributed by atoms with van der Waals surface area (Å²) in [4.78, 5) is 8.28. The average Bonchev–Trinajstić information content (AvgIpc) is 2.45. The molecular formula is C14H17FN4O. The Morgan fingerprint density at radius 2 is 2.05 bits per heavy atom. The molecule has 2 rings (SSSR count). The van der Waals surface area contributed by atoms with Crippen LogP contribution in [0.2, 0.25) is 0 Å². The zero-order valence-corrected chi connectivity index (χ0v) is 11.5. The number of aromatic nitrogens is 2. The van der Waals surface area contributed by atoms with Crippen LogP contribution in [0.4, 0.5) is 21.7 Å². The molecule has 106 valence electrons. The standard InChI is InChI=1S/C14H17FN4O/c1-3-7-16-13-12(20-2)14(18-9-17-13)19-11-6-4-5-10(15)8-11/h4-6,8-9H,3,7H2,1-2H3,(H2,16,17,18,19). The van der Waals surface area contributed by atoms with E-state index in [2.05, 4.69) is 27.5 Å². The van der Waals surface area contributed by atoms with E-state index in [0.29, 0.717) is 23.1 Å². The van der Waals surface area contributed by atoms with Crippen LogP contribution in [-0.4, -0.2) is 23.6 Å². The van der Waals surface area contributed by atoms with Crippen molar-refractivity contribution < 1.29 is 9.13 Å². The van der Waals surface area contributed by atoms with Gasteiger partial charge in [0.2, 0.25) is 5.75 Å². The van der Waals surface area contributed by atoms with Gasteiger partial charge in [-0.05, 0) is 24.6 Å². The molecule has 6 heteroatoms. The third-order valence-electron chi connectivity index (χ3n) is 2.64. The van der Waals surface area contributed by atoms with Crippen LogP contribution in [0, 0.1) is 5.82 Å². The Morgan fingerprint density at radius 3 is 2.75 bits per heavy atom. The summed E-state index contributed by atoms with van der Waals surface area (Å²) < 4.78 is 18.5. The topological polar surface area (TPSA) is 59.1 Å². The smallest absolute Gasteiger partial charge is 0.204 e. The summed E-state index contributed by atoms with van der Waals surface area (Å²) in [6.07, 6.45) is 2.40. The van der Waals surface area contributed by atoms with Gasteiger partial charge in [-0.3, -0.25) is 0 Å². The number of halogens is 1. The van der Waals surface area contributed by atoms with Crippen molar-refractivity contribution >= 4 is 17.3 Å². The molecule has 1 heterocycles. The first kappa shape index (κ1) is 14.0. The number of nitrogens with zero attached hydrogens (tertiary/aromatic N) is 2. The molecule has 0 aliphatic carbocycles. The molecule has 0 fully saturated rings. The Labute approximate surface area is 117 Å². The van der Waals surface area contributed by atoms with Crippen molar-refractivity contribution in [2.45, 2.75) is 13.3 Å².